The van der Waals surface area contributed by atoms with Crippen molar-refractivity contribution in [2.24, 2.45) is 0 Å². The molecule has 0 radical (unpaired) electrons. The molecule has 0 saturated carbocycles. The average Bonchev–Trinajstić information content (AvgIpc) is 3.07. The number of ether oxygens (including phenoxy) is 1. The normalized spacial score (nSPS) is 12.8. The number of thioether (sulfide) groups is 1. The Morgan fingerprint density at radius 1 is 1.24 bits per heavy atom. The van der Waals surface area contributed by atoms with Crippen molar-refractivity contribution in [2.75, 3.05) is 6.54 Å². The number of hydrogen-bond donors (Lipinski definition) is 2. The van der Waals surface area contributed by atoms with Crippen LogP contribution in [0.3, 0.4) is 0 Å². The zero-order valence-electron chi connectivity index (χ0n) is 16.7. The number of amides is 1. The van der Waals surface area contributed by atoms with E-state index in [-0.39, 0.29) is 13.2 Å². The van der Waals surface area contributed by atoms with Crippen LogP contribution in [0.5, 0.6) is 0 Å². The fourth-order valence-electron chi connectivity index (χ4n) is 3.15. The SMILES string of the molecule is Cc1c(C(=O)NCC(=O)OCc2ccc(SC(C)C)cc2)ccc2c1B(O)OC2. The molecule has 2 aromatic rings. The molecule has 2 aromatic carbocycles. The minimum Gasteiger partial charge on any atom is -0.460 e. The number of carbonyl (C=O) groups is 2. The second-order valence-electron chi connectivity index (χ2n) is 7.13. The van der Waals surface area contributed by atoms with Crippen molar-refractivity contribution < 1.29 is 24.0 Å². The number of nitrogens with one attached hydrogen (secondary N) is 1. The first-order valence-corrected chi connectivity index (χ1v) is 10.3. The number of fused-ring (bicyclic) bond motifs is 1. The number of benzene rings is 2. The van der Waals surface area contributed by atoms with Crippen molar-refractivity contribution in [1.29, 1.82) is 0 Å². The molecular weight excluding hydrogens is 389 g/mol. The maximum absolute atomic E-state index is 12.4. The van der Waals surface area contributed by atoms with E-state index in [2.05, 4.69) is 19.2 Å². The van der Waals surface area contributed by atoms with Crippen LogP contribution in [0.2, 0.25) is 0 Å². The molecule has 2 N–H and O–H groups in total. The number of esters is 1. The van der Waals surface area contributed by atoms with Gasteiger partial charge in [0, 0.05) is 15.7 Å². The fraction of sp³-hybridized carbons (Fsp3) is 0.333. The van der Waals surface area contributed by atoms with Crippen molar-refractivity contribution in [3.63, 3.8) is 0 Å². The first kappa shape index (κ1) is 21.4. The van der Waals surface area contributed by atoms with Crippen molar-refractivity contribution in [1.82, 2.24) is 5.32 Å². The van der Waals surface area contributed by atoms with Crippen LogP contribution in [0.4, 0.5) is 0 Å². The molecule has 152 valence electrons. The molecule has 0 atom stereocenters. The standard InChI is InChI=1S/C21H24BNO5S/c1-13(2)29-17-7-4-15(5-8-17)11-27-19(24)10-23-21(25)18-9-6-16-12-28-22(26)20(16)14(18)3/h4-9,13,26H,10-12H2,1-3H3,(H,23,25). The molecule has 0 spiro atoms. The van der Waals surface area contributed by atoms with Gasteiger partial charge in [0.2, 0.25) is 0 Å². The zero-order chi connectivity index (χ0) is 21.0. The molecule has 0 saturated heterocycles. The van der Waals surface area contributed by atoms with E-state index >= 15 is 0 Å². The van der Waals surface area contributed by atoms with Crippen LogP contribution in [0, 0.1) is 6.92 Å². The van der Waals surface area contributed by atoms with E-state index in [1.54, 1.807) is 30.8 Å². The van der Waals surface area contributed by atoms with Gasteiger partial charge in [-0.25, -0.2) is 0 Å². The van der Waals surface area contributed by atoms with Gasteiger partial charge in [-0.1, -0.05) is 32.0 Å². The molecular formula is C21H24BNO5S. The summed E-state index contributed by atoms with van der Waals surface area (Å²) >= 11 is 1.77. The molecule has 6 nitrogen and oxygen atoms in total. The summed E-state index contributed by atoms with van der Waals surface area (Å²) in [5, 5.41) is 13.0. The summed E-state index contributed by atoms with van der Waals surface area (Å²) in [7, 11) is -1.02. The van der Waals surface area contributed by atoms with Gasteiger partial charge >= 0.3 is 13.1 Å². The average molecular weight is 413 g/mol. The largest absolute Gasteiger partial charge is 0.492 e. The maximum Gasteiger partial charge on any atom is 0.492 e. The highest BCUT2D eigenvalue weighted by Gasteiger charge is 2.31. The third-order valence-electron chi connectivity index (χ3n) is 4.58. The van der Waals surface area contributed by atoms with Crippen LogP contribution in [0.15, 0.2) is 41.3 Å². The lowest BCUT2D eigenvalue weighted by Gasteiger charge is -2.11. The van der Waals surface area contributed by atoms with Crippen LogP contribution in [0.1, 0.15) is 40.9 Å². The Labute approximate surface area is 175 Å². The van der Waals surface area contributed by atoms with Gasteiger partial charge in [-0.15, -0.1) is 11.8 Å². The minimum absolute atomic E-state index is 0.155. The van der Waals surface area contributed by atoms with Crippen LogP contribution >= 0.6 is 11.8 Å². The van der Waals surface area contributed by atoms with E-state index in [0.29, 0.717) is 28.4 Å². The van der Waals surface area contributed by atoms with E-state index in [0.717, 1.165) is 11.1 Å². The van der Waals surface area contributed by atoms with Crippen molar-refractivity contribution in [3.05, 3.63) is 58.7 Å². The van der Waals surface area contributed by atoms with Gasteiger partial charge in [-0.2, -0.15) is 0 Å². The summed E-state index contributed by atoms with van der Waals surface area (Å²) in [5.74, 6) is -0.905. The first-order chi connectivity index (χ1) is 13.8. The lowest BCUT2D eigenvalue weighted by atomic mass is 9.75. The smallest absolute Gasteiger partial charge is 0.460 e. The predicted octanol–water partition coefficient (Wildman–Crippen LogP) is 2.19. The van der Waals surface area contributed by atoms with Gasteiger partial charge in [0.15, 0.2) is 0 Å². The predicted molar refractivity (Wildman–Crippen MR) is 113 cm³/mol. The molecule has 1 amide bonds. The van der Waals surface area contributed by atoms with E-state index in [4.69, 9.17) is 9.39 Å². The Bertz CT molecular complexity index is 901. The summed E-state index contributed by atoms with van der Waals surface area (Å²) in [6, 6.07) is 11.3. The van der Waals surface area contributed by atoms with Gasteiger partial charge < -0.3 is 19.7 Å². The van der Waals surface area contributed by atoms with Crippen LogP contribution in [-0.4, -0.2) is 35.8 Å². The van der Waals surface area contributed by atoms with Crippen LogP contribution < -0.4 is 10.8 Å². The van der Waals surface area contributed by atoms with Gasteiger partial charge in [0.25, 0.3) is 5.91 Å². The number of carbonyl (C=O) groups excluding carboxylic acids is 2. The highest BCUT2D eigenvalue weighted by molar-refractivity contribution is 7.99. The highest BCUT2D eigenvalue weighted by Crippen LogP contribution is 2.23. The number of hydrogen-bond acceptors (Lipinski definition) is 6. The second kappa shape index (κ2) is 9.48. The summed E-state index contributed by atoms with van der Waals surface area (Å²) in [4.78, 5) is 25.6. The monoisotopic (exact) mass is 413 g/mol. The molecule has 1 aliphatic heterocycles. The third-order valence-corrected chi connectivity index (χ3v) is 5.60. The highest BCUT2D eigenvalue weighted by atomic mass is 32.2. The molecule has 0 aromatic heterocycles. The Morgan fingerprint density at radius 3 is 2.66 bits per heavy atom. The van der Waals surface area contributed by atoms with Gasteiger partial charge in [0.1, 0.15) is 13.2 Å². The van der Waals surface area contributed by atoms with Gasteiger partial charge in [0.05, 0.1) is 6.61 Å². The minimum atomic E-state index is -1.02. The number of rotatable bonds is 7. The van der Waals surface area contributed by atoms with Gasteiger partial charge in [-0.05, 0) is 47.3 Å². The Morgan fingerprint density at radius 2 is 1.97 bits per heavy atom. The topological polar surface area (TPSA) is 84.9 Å². The van der Waals surface area contributed by atoms with Gasteiger partial charge in [-0.3, -0.25) is 9.59 Å². The Hall–Kier alpha value is -2.29. The van der Waals surface area contributed by atoms with Crippen LogP contribution in [0.25, 0.3) is 0 Å². The second-order valence-corrected chi connectivity index (χ2v) is 8.78. The molecule has 8 heteroatoms. The molecule has 1 aliphatic rings. The van der Waals surface area contributed by atoms with E-state index in [1.807, 2.05) is 24.3 Å². The molecule has 0 unspecified atom stereocenters. The fourth-order valence-corrected chi connectivity index (χ4v) is 3.99. The molecule has 1 heterocycles. The molecule has 29 heavy (non-hydrogen) atoms. The van der Waals surface area contributed by atoms with Crippen LogP contribution in [-0.2, 0) is 27.4 Å². The Balaban J connectivity index is 1.50. The molecule has 0 fully saturated rings. The molecule has 0 aliphatic carbocycles. The molecule has 3 rings (SSSR count). The van der Waals surface area contributed by atoms with E-state index in [1.165, 1.54) is 4.90 Å². The zero-order valence-corrected chi connectivity index (χ0v) is 17.5. The summed E-state index contributed by atoms with van der Waals surface area (Å²) in [6.45, 7) is 6.27. The quantitative estimate of drug-likeness (QED) is 0.411. The van der Waals surface area contributed by atoms with Crippen molar-refractivity contribution >= 4 is 36.2 Å². The van der Waals surface area contributed by atoms with E-state index < -0.39 is 19.0 Å². The van der Waals surface area contributed by atoms with E-state index in [9.17, 15) is 14.6 Å². The maximum atomic E-state index is 12.4. The van der Waals surface area contributed by atoms with Crippen molar-refractivity contribution in [3.8, 4) is 0 Å². The summed E-state index contributed by atoms with van der Waals surface area (Å²) < 4.78 is 10.4. The first-order valence-electron chi connectivity index (χ1n) is 9.46. The summed E-state index contributed by atoms with van der Waals surface area (Å²) in [6.07, 6.45) is 0. The third kappa shape index (κ3) is 5.41. The van der Waals surface area contributed by atoms with Crippen molar-refractivity contribution in [2.45, 2.75) is 44.1 Å². The lowest BCUT2D eigenvalue weighted by Crippen LogP contribution is -2.35. The summed E-state index contributed by atoms with van der Waals surface area (Å²) in [5.41, 5.74) is 3.43. The lowest BCUT2D eigenvalue weighted by molar-refractivity contribution is -0.143. The molecule has 0 bridgehead atoms. The Kier molecular flexibility index (Phi) is 7.00.